The summed E-state index contributed by atoms with van der Waals surface area (Å²) in [6, 6.07) is 5.54. The van der Waals surface area contributed by atoms with E-state index in [2.05, 4.69) is 10.2 Å². The van der Waals surface area contributed by atoms with Crippen molar-refractivity contribution in [2.75, 3.05) is 21.1 Å². The molecule has 1 aromatic carbocycles. The zero-order chi connectivity index (χ0) is 10.7. The number of benzene rings is 1. The molecule has 0 saturated carbocycles. The van der Waals surface area contributed by atoms with E-state index < -0.39 is 0 Å². The van der Waals surface area contributed by atoms with E-state index in [9.17, 15) is 0 Å². The molecule has 0 aromatic heterocycles. The topological polar surface area (TPSA) is 15.3 Å². The number of rotatable bonds is 3. The van der Waals surface area contributed by atoms with Crippen molar-refractivity contribution >= 4 is 23.2 Å². The highest BCUT2D eigenvalue weighted by molar-refractivity contribution is 6.35. The Morgan fingerprint density at radius 3 is 2.36 bits per heavy atom. The van der Waals surface area contributed by atoms with Crippen LogP contribution in [0.3, 0.4) is 0 Å². The van der Waals surface area contributed by atoms with Gasteiger partial charge in [0.25, 0.3) is 0 Å². The molecule has 1 unspecified atom stereocenters. The van der Waals surface area contributed by atoms with Gasteiger partial charge in [-0.3, -0.25) is 4.90 Å². The molecule has 0 aliphatic carbocycles. The summed E-state index contributed by atoms with van der Waals surface area (Å²) in [5, 5.41) is 4.52. The second-order valence-electron chi connectivity index (χ2n) is 3.32. The van der Waals surface area contributed by atoms with E-state index in [1.807, 2.05) is 33.3 Å². The van der Waals surface area contributed by atoms with Gasteiger partial charge in [0.2, 0.25) is 0 Å². The fourth-order valence-corrected chi connectivity index (χ4v) is 1.93. The molecular weight excluding hydrogens is 219 g/mol. The molecule has 0 fully saturated rings. The van der Waals surface area contributed by atoms with Crippen LogP contribution in [0.4, 0.5) is 0 Å². The summed E-state index contributed by atoms with van der Waals surface area (Å²) in [7, 11) is 5.88. The SMILES string of the molecule is CNC(c1ccc(Cl)cc1Cl)N(C)C. The van der Waals surface area contributed by atoms with E-state index in [0.717, 1.165) is 5.56 Å². The van der Waals surface area contributed by atoms with Crippen molar-refractivity contribution in [1.29, 1.82) is 0 Å². The molecule has 0 spiro atoms. The van der Waals surface area contributed by atoms with Gasteiger partial charge in [-0.15, -0.1) is 0 Å². The zero-order valence-corrected chi connectivity index (χ0v) is 10.0. The van der Waals surface area contributed by atoms with E-state index in [1.54, 1.807) is 6.07 Å². The van der Waals surface area contributed by atoms with Gasteiger partial charge < -0.3 is 5.32 Å². The summed E-state index contributed by atoms with van der Waals surface area (Å²) >= 11 is 11.9. The molecule has 0 heterocycles. The highest BCUT2D eigenvalue weighted by Gasteiger charge is 2.14. The Hall–Kier alpha value is -0.280. The lowest BCUT2D eigenvalue weighted by molar-refractivity contribution is 0.265. The number of hydrogen-bond acceptors (Lipinski definition) is 2. The summed E-state index contributed by atoms with van der Waals surface area (Å²) in [4.78, 5) is 2.05. The van der Waals surface area contributed by atoms with Crippen LogP contribution in [0.5, 0.6) is 0 Å². The summed E-state index contributed by atoms with van der Waals surface area (Å²) in [5.74, 6) is 0. The Labute approximate surface area is 94.8 Å². The third kappa shape index (κ3) is 2.61. The number of hydrogen-bond donors (Lipinski definition) is 1. The van der Waals surface area contributed by atoms with Crippen LogP contribution in [0.25, 0.3) is 0 Å². The van der Waals surface area contributed by atoms with Crippen molar-refractivity contribution in [3.63, 3.8) is 0 Å². The standard InChI is InChI=1S/C10H14Cl2N2/c1-13-10(14(2)3)8-5-4-7(11)6-9(8)12/h4-6,10,13H,1-3H3. The average molecular weight is 233 g/mol. The maximum Gasteiger partial charge on any atom is 0.0867 e. The highest BCUT2D eigenvalue weighted by atomic mass is 35.5. The monoisotopic (exact) mass is 232 g/mol. The largest absolute Gasteiger partial charge is 0.301 e. The van der Waals surface area contributed by atoms with Gasteiger partial charge in [-0.05, 0) is 33.3 Å². The van der Waals surface area contributed by atoms with Crippen LogP contribution in [0, 0.1) is 0 Å². The third-order valence-electron chi connectivity index (χ3n) is 2.05. The van der Waals surface area contributed by atoms with Gasteiger partial charge in [0.15, 0.2) is 0 Å². The molecule has 1 N–H and O–H groups in total. The minimum atomic E-state index is 0.111. The fraction of sp³-hybridized carbons (Fsp3) is 0.400. The number of nitrogens with zero attached hydrogens (tertiary/aromatic N) is 1. The van der Waals surface area contributed by atoms with E-state index in [1.165, 1.54) is 0 Å². The van der Waals surface area contributed by atoms with Crippen LogP contribution in [0.2, 0.25) is 10.0 Å². The fourth-order valence-electron chi connectivity index (χ4n) is 1.42. The molecule has 0 amide bonds. The van der Waals surface area contributed by atoms with Crippen LogP contribution in [0.1, 0.15) is 11.7 Å². The Kier molecular flexibility index (Phi) is 4.20. The van der Waals surface area contributed by atoms with Crippen molar-refractivity contribution in [3.05, 3.63) is 33.8 Å². The molecule has 0 saturated heterocycles. The van der Waals surface area contributed by atoms with Crippen molar-refractivity contribution in [2.24, 2.45) is 0 Å². The van der Waals surface area contributed by atoms with Gasteiger partial charge in [-0.1, -0.05) is 29.3 Å². The Morgan fingerprint density at radius 1 is 1.29 bits per heavy atom. The van der Waals surface area contributed by atoms with Crippen molar-refractivity contribution < 1.29 is 0 Å². The minimum Gasteiger partial charge on any atom is -0.301 e. The van der Waals surface area contributed by atoms with Gasteiger partial charge in [0.1, 0.15) is 0 Å². The van der Waals surface area contributed by atoms with E-state index in [4.69, 9.17) is 23.2 Å². The van der Waals surface area contributed by atoms with Crippen molar-refractivity contribution in [3.8, 4) is 0 Å². The molecule has 0 aliphatic heterocycles. The van der Waals surface area contributed by atoms with E-state index in [0.29, 0.717) is 10.0 Å². The molecule has 1 rings (SSSR count). The van der Waals surface area contributed by atoms with Crippen molar-refractivity contribution in [1.82, 2.24) is 10.2 Å². The number of halogens is 2. The summed E-state index contributed by atoms with van der Waals surface area (Å²) in [5.41, 5.74) is 1.03. The zero-order valence-electron chi connectivity index (χ0n) is 8.51. The first-order chi connectivity index (χ1) is 6.56. The van der Waals surface area contributed by atoms with Crippen LogP contribution >= 0.6 is 23.2 Å². The lowest BCUT2D eigenvalue weighted by atomic mass is 10.1. The smallest absolute Gasteiger partial charge is 0.0867 e. The highest BCUT2D eigenvalue weighted by Crippen LogP contribution is 2.26. The van der Waals surface area contributed by atoms with Gasteiger partial charge in [-0.2, -0.15) is 0 Å². The molecule has 1 atom stereocenters. The van der Waals surface area contributed by atoms with Crippen LogP contribution in [-0.4, -0.2) is 26.0 Å². The van der Waals surface area contributed by atoms with Gasteiger partial charge in [-0.25, -0.2) is 0 Å². The predicted molar refractivity (Wildman–Crippen MR) is 61.9 cm³/mol. The minimum absolute atomic E-state index is 0.111. The summed E-state index contributed by atoms with van der Waals surface area (Å²) in [6.07, 6.45) is 0.111. The summed E-state index contributed by atoms with van der Waals surface area (Å²) in [6.45, 7) is 0. The van der Waals surface area contributed by atoms with Crippen LogP contribution in [-0.2, 0) is 0 Å². The van der Waals surface area contributed by atoms with Gasteiger partial charge in [0, 0.05) is 15.6 Å². The van der Waals surface area contributed by atoms with E-state index >= 15 is 0 Å². The molecule has 1 aromatic rings. The average Bonchev–Trinajstić information content (AvgIpc) is 2.09. The third-order valence-corrected chi connectivity index (χ3v) is 2.61. The molecular formula is C10H14Cl2N2. The normalized spacial score (nSPS) is 13.3. The summed E-state index contributed by atoms with van der Waals surface area (Å²) < 4.78 is 0. The Morgan fingerprint density at radius 2 is 1.93 bits per heavy atom. The Balaban J connectivity index is 3.04. The predicted octanol–water partition coefficient (Wildman–Crippen LogP) is 2.77. The maximum absolute atomic E-state index is 6.10. The first kappa shape index (κ1) is 11.8. The lowest BCUT2D eigenvalue weighted by Gasteiger charge is -2.24. The van der Waals surface area contributed by atoms with Gasteiger partial charge >= 0.3 is 0 Å². The lowest BCUT2D eigenvalue weighted by Crippen LogP contribution is -2.30. The quantitative estimate of drug-likeness (QED) is 0.807. The molecule has 14 heavy (non-hydrogen) atoms. The van der Waals surface area contributed by atoms with Crippen LogP contribution < -0.4 is 5.32 Å². The first-order valence-electron chi connectivity index (χ1n) is 4.35. The molecule has 2 nitrogen and oxygen atoms in total. The molecule has 4 heteroatoms. The molecule has 78 valence electrons. The molecule has 0 bridgehead atoms. The molecule has 0 radical (unpaired) electrons. The number of nitrogens with one attached hydrogen (secondary N) is 1. The maximum atomic E-state index is 6.10. The van der Waals surface area contributed by atoms with Crippen LogP contribution in [0.15, 0.2) is 18.2 Å². The van der Waals surface area contributed by atoms with E-state index in [-0.39, 0.29) is 6.17 Å². The first-order valence-corrected chi connectivity index (χ1v) is 5.10. The van der Waals surface area contributed by atoms with Crippen molar-refractivity contribution in [2.45, 2.75) is 6.17 Å². The van der Waals surface area contributed by atoms with Gasteiger partial charge in [0.05, 0.1) is 6.17 Å². The second kappa shape index (κ2) is 4.99. The molecule has 0 aliphatic rings. The Bertz CT molecular complexity index is 313. The second-order valence-corrected chi connectivity index (χ2v) is 4.16.